The van der Waals surface area contributed by atoms with E-state index >= 15 is 0 Å². The molecule has 3 aromatic rings. The molecule has 3 rings (SSSR count). The van der Waals surface area contributed by atoms with Gasteiger partial charge in [0.2, 0.25) is 5.91 Å². The van der Waals surface area contributed by atoms with E-state index < -0.39 is 0 Å². The molecule has 0 aliphatic heterocycles. The maximum absolute atomic E-state index is 12.2. The molecule has 0 spiro atoms. The van der Waals surface area contributed by atoms with Crippen LogP contribution in [0, 0.1) is 0 Å². The second kappa shape index (κ2) is 6.20. The molecular weight excluding hydrogens is 390 g/mol. The first-order valence-corrected chi connectivity index (χ1v) is 8.27. The highest BCUT2D eigenvalue weighted by Gasteiger charge is 2.10. The quantitative estimate of drug-likeness (QED) is 0.734. The van der Waals surface area contributed by atoms with Crippen LogP contribution in [-0.2, 0) is 11.3 Å². The summed E-state index contributed by atoms with van der Waals surface area (Å²) in [6.45, 7) is -0.119. The molecule has 2 aromatic heterocycles. The third-order valence-corrected chi connectivity index (χ3v) is 4.65. The summed E-state index contributed by atoms with van der Waals surface area (Å²) in [4.78, 5) is 28.4. The summed E-state index contributed by atoms with van der Waals surface area (Å²) < 4.78 is 2.64. The number of nitrogens with one attached hydrogen (secondary N) is 1. The number of anilines is 1. The standard InChI is InChI=1S/C14H9BrClN3O2S/c15-8-1-2-10(9(16)5-8)18-12(20)6-19-7-17-11-3-4-22-13(11)14(19)21/h1-5,7H,6H2,(H,18,20). The van der Waals surface area contributed by atoms with Crippen molar-refractivity contribution in [2.24, 2.45) is 0 Å². The van der Waals surface area contributed by atoms with E-state index in [1.54, 1.807) is 29.6 Å². The number of rotatable bonds is 3. The van der Waals surface area contributed by atoms with Crippen LogP contribution in [0.5, 0.6) is 0 Å². The predicted molar refractivity (Wildman–Crippen MR) is 91.7 cm³/mol. The Bertz CT molecular complexity index is 922. The molecule has 22 heavy (non-hydrogen) atoms. The lowest BCUT2D eigenvalue weighted by Gasteiger charge is -2.09. The van der Waals surface area contributed by atoms with Crippen LogP contribution in [0.2, 0.25) is 5.02 Å². The third kappa shape index (κ3) is 3.06. The van der Waals surface area contributed by atoms with Crippen molar-refractivity contribution in [3.8, 4) is 0 Å². The van der Waals surface area contributed by atoms with Crippen LogP contribution in [0.3, 0.4) is 0 Å². The molecule has 0 atom stereocenters. The summed E-state index contributed by atoms with van der Waals surface area (Å²) in [6.07, 6.45) is 1.38. The molecule has 0 saturated carbocycles. The SMILES string of the molecule is O=C(Cn1cnc2ccsc2c1=O)Nc1ccc(Br)cc1Cl. The van der Waals surface area contributed by atoms with Gasteiger partial charge in [-0.25, -0.2) is 4.98 Å². The van der Waals surface area contributed by atoms with E-state index in [1.807, 2.05) is 0 Å². The highest BCUT2D eigenvalue weighted by molar-refractivity contribution is 9.10. The molecular formula is C14H9BrClN3O2S. The number of carbonyl (C=O) groups is 1. The molecule has 0 bridgehead atoms. The van der Waals surface area contributed by atoms with E-state index in [0.717, 1.165) is 4.47 Å². The zero-order valence-corrected chi connectivity index (χ0v) is 14.2. The highest BCUT2D eigenvalue weighted by Crippen LogP contribution is 2.25. The number of thiophene rings is 1. The van der Waals surface area contributed by atoms with Crippen molar-refractivity contribution in [1.29, 1.82) is 0 Å². The summed E-state index contributed by atoms with van der Waals surface area (Å²) in [5, 5.41) is 4.89. The molecule has 0 unspecified atom stereocenters. The maximum Gasteiger partial charge on any atom is 0.271 e. The van der Waals surface area contributed by atoms with Gasteiger partial charge in [0.1, 0.15) is 11.2 Å². The van der Waals surface area contributed by atoms with Crippen molar-refractivity contribution in [1.82, 2.24) is 9.55 Å². The fourth-order valence-electron chi connectivity index (χ4n) is 1.93. The van der Waals surface area contributed by atoms with E-state index in [2.05, 4.69) is 26.2 Å². The van der Waals surface area contributed by atoms with Crippen LogP contribution < -0.4 is 10.9 Å². The van der Waals surface area contributed by atoms with Gasteiger partial charge in [0.15, 0.2) is 0 Å². The van der Waals surface area contributed by atoms with Gasteiger partial charge in [0, 0.05) is 4.47 Å². The van der Waals surface area contributed by atoms with Crippen molar-refractivity contribution in [3.63, 3.8) is 0 Å². The van der Waals surface area contributed by atoms with Gasteiger partial charge in [0.05, 0.1) is 22.6 Å². The maximum atomic E-state index is 12.2. The molecule has 5 nitrogen and oxygen atoms in total. The topological polar surface area (TPSA) is 64.0 Å². The number of halogens is 2. The number of hydrogen-bond donors (Lipinski definition) is 1. The third-order valence-electron chi connectivity index (χ3n) is 2.95. The second-order valence-corrected chi connectivity index (χ2v) is 6.72. The van der Waals surface area contributed by atoms with Gasteiger partial charge < -0.3 is 5.32 Å². The van der Waals surface area contributed by atoms with Gasteiger partial charge >= 0.3 is 0 Å². The summed E-state index contributed by atoms with van der Waals surface area (Å²) in [5.74, 6) is -0.343. The lowest BCUT2D eigenvalue weighted by atomic mass is 10.3. The van der Waals surface area contributed by atoms with Gasteiger partial charge in [-0.3, -0.25) is 14.2 Å². The highest BCUT2D eigenvalue weighted by atomic mass is 79.9. The summed E-state index contributed by atoms with van der Waals surface area (Å²) in [6, 6.07) is 6.91. The Hall–Kier alpha value is -1.70. The molecule has 1 amide bonds. The lowest BCUT2D eigenvalue weighted by Crippen LogP contribution is -2.27. The van der Waals surface area contributed by atoms with Gasteiger partial charge in [-0.05, 0) is 29.6 Å². The first-order chi connectivity index (χ1) is 10.5. The average Bonchev–Trinajstić information content (AvgIpc) is 2.94. The minimum Gasteiger partial charge on any atom is -0.323 e. The Balaban J connectivity index is 1.81. The number of benzene rings is 1. The van der Waals surface area contributed by atoms with Crippen LogP contribution in [0.25, 0.3) is 10.2 Å². The monoisotopic (exact) mass is 397 g/mol. The number of amides is 1. The zero-order valence-electron chi connectivity index (χ0n) is 11.0. The van der Waals surface area contributed by atoms with Crippen LogP contribution in [0.15, 0.2) is 45.2 Å². The Morgan fingerprint density at radius 1 is 1.41 bits per heavy atom. The van der Waals surface area contributed by atoms with Crippen LogP contribution in [0.4, 0.5) is 5.69 Å². The molecule has 0 aliphatic rings. The van der Waals surface area contributed by atoms with Crippen LogP contribution in [0.1, 0.15) is 0 Å². The minimum absolute atomic E-state index is 0.119. The van der Waals surface area contributed by atoms with Gasteiger partial charge in [-0.15, -0.1) is 11.3 Å². The first-order valence-electron chi connectivity index (χ1n) is 6.22. The van der Waals surface area contributed by atoms with Crippen molar-refractivity contribution in [2.75, 3.05) is 5.32 Å². The van der Waals surface area contributed by atoms with E-state index in [9.17, 15) is 9.59 Å². The lowest BCUT2D eigenvalue weighted by molar-refractivity contribution is -0.116. The number of fused-ring (bicyclic) bond motifs is 1. The summed E-state index contributed by atoms with van der Waals surface area (Å²) >= 11 is 10.7. The van der Waals surface area contributed by atoms with Crippen molar-refractivity contribution < 1.29 is 4.79 Å². The molecule has 112 valence electrons. The van der Waals surface area contributed by atoms with Gasteiger partial charge in [-0.2, -0.15) is 0 Å². The minimum atomic E-state index is -0.343. The normalized spacial score (nSPS) is 10.8. The van der Waals surface area contributed by atoms with Crippen LogP contribution in [-0.4, -0.2) is 15.5 Å². The first kappa shape index (κ1) is 15.2. The van der Waals surface area contributed by atoms with E-state index in [4.69, 9.17) is 11.6 Å². The smallest absolute Gasteiger partial charge is 0.271 e. The molecule has 0 radical (unpaired) electrons. The van der Waals surface area contributed by atoms with Crippen molar-refractivity contribution >= 4 is 60.7 Å². The molecule has 0 aliphatic carbocycles. The largest absolute Gasteiger partial charge is 0.323 e. The zero-order chi connectivity index (χ0) is 15.7. The average molecular weight is 399 g/mol. The summed E-state index contributed by atoms with van der Waals surface area (Å²) in [7, 11) is 0. The van der Waals surface area contributed by atoms with E-state index in [1.165, 1.54) is 22.2 Å². The van der Waals surface area contributed by atoms with Crippen molar-refractivity contribution in [2.45, 2.75) is 6.54 Å². The predicted octanol–water partition coefficient (Wildman–Crippen LogP) is 3.51. The number of hydrogen-bond acceptors (Lipinski definition) is 4. The molecule has 8 heteroatoms. The number of aromatic nitrogens is 2. The summed E-state index contributed by atoms with van der Waals surface area (Å²) in [5.41, 5.74) is 0.910. The Kier molecular flexibility index (Phi) is 4.28. The molecule has 1 aromatic carbocycles. The molecule has 1 N–H and O–H groups in total. The van der Waals surface area contributed by atoms with Crippen molar-refractivity contribution in [3.05, 3.63) is 55.8 Å². The van der Waals surface area contributed by atoms with E-state index in [0.29, 0.717) is 20.9 Å². The molecule has 2 heterocycles. The van der Waals surface area contributed by atoms with Gasteiger partial charge in [-0.1, -0.05) is 27.5 Å². The van der Waals surface area contributed by atoms with E-state index in [-0.39, 0.29) is 18.0 Å². The fourth-order valence-corrected chi connectivity index (χ4v) is 3.44. The Labute approximate surface area is 142 Å². The second-order valence-electron chi connectivity index (χ2n) is 4.48. The van der Waals surface area contributed by atoms with Crippen LogP contribution >= 0.6 is 38.9 Å². The number of carbonyl (C=O) groups excluding carboxylic acids is 1. The Morgan fingerprint density at radius 2 is 2.23 bits per heavy atom. The van der Waals surface area contributed by atoms with Gasteiger partial charge in [0.25, 0.3) is 5.56 Å². The fraction of sp³-hybridized carbons (Fsp3) is 0.0714. The number of nitrogens with zero attached hydrogens (tertiary/aromatic N) is 2. The molecule has 0 fully saturated rings. The molecule has 0 saturated heterocycles. The Morgan fingerprint density at radius 3 is 3.00 bits per heavy atom.